The molecule has 0 saturated heterocycles. The summed E-state index contributed by atoms with van der Waals surface area (Å²) in [7, 11) is 1.42. The van der Waals surface area contributed by atoms with E-state index < -0.39 is 11.5 Å². The number of pyridine rings is 1. The molecule has 0 spiro atoms. The van der Waals surface area contributed by atoms with Gasteiger partial charge in [-0.1, -0.05) is 11.6 Å². The van der Waals surface area contributed by atoms with E-state index in [1.165, 1.54) is 13.1 Å². The van der Waals surface area contributed by atoms with Crippen molar-refractivity contribution in [3.05, 3.63) is 27.0 Å². The van der Waals surface area contributed by atoms with E-state index in [-0.39, 0.29) is 16.4 Å². The maximum Gasteiger partial charge on any atom is 0.262 e. The zero-order valence-corrected chi connectivity index (χ0v) is 7.61. The van der Waals surface area contributed by atoms with E-state index >= 15 is 0 Å². The van der Waals surface area contributed by atoms with Gasteiger partial charge in [-0.25, -0.2) is 0 Å². The molecule has 5 nitrogen and oxygen atoms in total. The van der Waals surface area contributed by atoms with Crippen LogP contribution in [0.5, 0.6) is 0 Å². The summed E-state index contributed by atoms with van der Waals surface area (Å²) in [6, 6.07) is 1.23. The van der Waals surface area contributed by atoms with E-state index in [9.17, 15) is 9.59 Å². The second kappa shape index (κ2) is 3.49. The molecular weight excluding hydrogens is 194 g/mol. The first-order chi connectivity index (χ1) is 6.06. The topological polar surface area (TPSA) is 88.0 Å². The van der Waals surface area contributed by atoms with Crippen LogP contribution in [0.15, 0.2) is 10.9 Å². The van der Waals surface area contributed by atoms with Crippen molar-refractivity contribution in [2.24, 2.45) is 0 Å². The molecule has 13 heavy (non-hydrogen) atoms. The van der Waals surface area contributed by atoms with Gasteiger partial charge in [0.25, 0.3) is 11.5 Å². The van der Waals surface area contributed by atoms with Crippen molar-refractivity contribution in [3.8, 4) is 0 Å². The molecule has 4 N–H and O–H groups in total. The molecule has 6 heteroatoms. The Hall–Kier alpha value is -1.49. The van der Waals surface area contributed by atoms with Crippen molar-refractivity contribution in [1.82, 2.24) is 10.3 Å². The highest BCUT2D eigenvalue weighted by Crippen LogP contribution is 2.13. The van der Waals surface area contributed by atoms with Gasteiger partial charge in [-0.15, -0.1) is 0 Å². The zero-order chi connectivity index (χ0) is 10.0. The van der Waals surface area contributed by atoms with Gasteiger partial charge in [0.1, 0.15) is 11.4 Å². The molecule has 0 aliphatic heterocycles. The van der Waals surface area contributed by atoms with E-state index in [0.717, 1.165) is 0 Å². The number of carbonyl (C=O) groups is 1. The maximum absolute atomic E-state index is 11.1. The van der Waals surface area contributed by atoms with Crippen LogP contribution in [0.2, 0.25) is 5.02 Å². The predicted molar refractivity (Wildman–Crippen MR) is 49.9 cm³/mol. The molecule has 0 saturated carbocycles. The van der Waals surface area contributed by atoms with Crippen LogP contribution < -0.4 is 16.6 Å². The summed E-state index contributed by atoms with van der Waals surface area (Å²) in [5.74, 6) is -0.442. The SMILES string of the molecule is CNC(=O)c1cc(Cl)c(N)[nH]c1=O. The van der Waals surface area contributed by atoms with Gasteiger partial charge in [0.2, 0.25) is 0 Å². The van der Waals surface area contributed by atoms with Crippen molar-refractivity contribution >= 4 is 23.3 Å². The first-order valence-electron chi connectivity index (χ1n) is 3.46. The lowest BCUT2D eigenvalue weighted by Gasteiger charge is -2.01. The van der Waals surface area contributed by atoms with Crippen LogP contribution in [-0.4, -0.2) is 17.9 Å². The summed E-state index contributed by atoms with van der Waals surface area (Å²) in [6.07, 6.45) is 0. The molecule has 0 aliphatic carbocycles. The number of nitrogen functional groups attached to an aromatic ring is 1. The second-order valence-corrected chi connectivity index (χ2v) is 2.76. The average Bonchev–Trinajstić information content (AvgIpc) is 2.10. The highest BCUT2D eigenvalue weighted by molar-refractivity contribution is 6.33. The predicted octanol–water partition coefficient (Wildman–Crippen LogP) is -0.0299. The molecule has 1 amide bonds. The van der Waals surface area contributed by atoms with E-state index in [4.69, 9.17) is 17.3 Å². The summed E-state index contributed by atoms with van der Waals surface area (Å²) in [5.41, 5.74) is 4.70. The monoisotopic (exact) mass is 201 g/mol. The third-order valence-electron chi connectivity index (χ3n) is 1.49. The first-order valence-corrected chi connectivity index (χ1v) is 3.84. The molecule has 1 heterocycles. The second-order valence-electron chi connectivity index (χ2n) is 2.35. The Morgan fingerprint density at radius 1 is 1.69 bits per heavy atom. The van der Waals surface area contributed by atoms with Crippen LogP contribution in [0.3, 0.4) is 0 Å². The van der Waals surface area contributed by atoms with E-state index in [0.29, 0.717) is 0 Å². The van der Waals surface area contributed by atoms with Crippen molar-refractivity contribution in [2.45, 2.75) is 0 Å². The molecule has 0 fully saturated rings. The van der Waals surface area contributed by atoms with Gasteiger partial charge in [-0.3, -0.25) is 9.59 Å². The Morgan fingerprint density at radius 2 is 2.31 bits per heavy atom. The zero-order valence-electron chi connectivity index (χ0n) is 6.85. The van der Waals surface area contributed by atoms with Gasteiger partial charge in [0, 0.05) is 7.05 Å². The Kier molecular flexibility index (Phi) is 2.57. The molecule has 0 atom stereocenters. The summed E-state index contributed by atoms with van der Waals surface area (Å²) >= 11 is 5.61. The molecule has 0 aliphatic rings. The minimum absolute atomic E-state index is 0.0540. The van der Waals surface area contributed by atoms with Crippen molar-refractivity contribution < 1.29 is 4.79 Å². The summed E-state index contributed by atoms with van der Waals surface area (Å²) in [4.78, 5) is 24.5. The molecule has 0 bridgehead atoms. The quantitative estimate of drug-likeness (QED) is 0.596. The molecule has 1 rings (SSSR count). The average molecular weight is 202 g/mol. The summed E-state index contributed by atoms with van der Waals surface area (Å²) < 4.78 is 0. The minimum atomic E-state index is -0.554. The summed E-state index contributed by atoms with van der Waals surface area (Å²) in [5, 5.41) is 2.46. The highest BCUT2D eigenvalue weighted by atomic mass is 35.5. The number of aromatic nitrogens is 1. The third kappa shape index (κ3) is 1.81. The van der Waals surface area contributed by atoms with Crippen LogP contribution in [-0.2, 0) is 0 Å². The summed E-state index contributed by atoms with van der Waals surface area (Å²) in [6.45, 7) is 0. The smallest absolute Gasteiger partial charge is 0.262 e. The number of amides is 1. The number of nitrogens with two attached hydrogens (primary N) is 1. The molecule has 1 aromatic rings. The minimum Gasteiger partial charge on any atom is -0.384 e. The number of rotatable bonds is 1. The van der Waals surface area contributed by atoms with Crippen LogP contribution in [0.4, 0.5) is 5.82 Å². The Labute approximate surface area is 78.9 Å². The largest absolute Gasteiger partial charge is 0.384 e. The Bertz CT molecular complexity index is 399. The molecule has 0 unspecified atom stereocenters. The van der Waals surface area contributed by atoms with Crippen molar-refractivity contribution in [3.63, 3.8) is 0 Å². The molecule has 70 valence electrons. The lowest BCUT2D eigenvalue weighted by atomic mass is 10.2. The number of halogens is 1. The fourth-order valence-corrected chi connectivity index (χ4v) is 0.979. The van der Waals surface area contributed by atoms with Gasteiger partial charge in [0.05, 0.1) is 5.02 Å². The van der Waals surface area contributed by atoms with Gasteiger partial charge >= 0.3 is 0 Å². The Balaban J connectivity index is 3.32. The van der Waals surface area contributed by atoms with Crippen molar-refractivity contribution in [1.29, 1.82) is 0 Å². The molecule has 1 aromatic heterocycles. The number of H-pyrrole nitrogens is 1. The van der Waals surface area contributed by atoms with Crippen LogP contribution in [0, 0.1) is 0 Å². The number of hydrogen-bond donors (Lipinski definition) is 3. The normalized spacial score (nSPS) is 9.69. The van der Waals surface area contributed by atoms with Crippen LogP contribution >= 0.6 is 11.6 Å². The molecular formula is C7H8ClN3O2. The Morgan fingerprint density at radius 3 is 2.85 bits per heavy atom. The van der Waals surface area contributed by atoms with Gasteiger partial charge in [-0.05, 0) is 6.07 Å². The van der Waals surface area contributed by atoms with Crippen LogP contribution in [0.1, 0.15) is 10.4 Å². The first kappa shape index (κ1) is 9.60. The fraction of sp³-hybridized carbons (Fsp3) is 0.143. The molecule has 0 aromatic carbocycles. The standard InChI is InChI=1S/C7H8ClN3O2/c1-10-6(12)3-2-4(8)5(9)11-7(3)13/h2H,1H3,(H,10,12)(H3,9,11,13). The van der Waals surface area contributed by atoms with E-state index in [1.54, 1.807) is 0 Å². The number of anilines is 1. The van der Waals surface area contributed by atoms with Gasteiger partial charge in [0.15, 0.2) is 0 Å². The number of nitrogens with one attached hydrogen (secondary N) is 2. The lowest BCUT2D eigenvalue weighted by Crippen LogP contribution is -2.27. The third-order valence-corrected chi connectivity index (χ3v) is 1.81. The van der Waals surface area contributed by atoms with Gasteiger partial charge in [-0.2, -0.15) is 0 Å². The fourth-order valence-electron chi connectivity index (χ4n) is 0.823. The number of carbonyl (C=O) groups excluding carboxylic acids is 1. The highest BCUT2D eigenvalue weighted by Gasteiger charge is 2.10. The number of aromatic amines is 1. The molecule has 0 radical (unpaired) electrons. The van der Waals surface area contributed by atoms with Crippen LogP contribution in [0.25, 0.3) is 0 Å². The van der Waals surface area contributed by atoms with E-state index in [2.05, 4.69) is 10.3 Å². The maximum atomic E-state index is 11.1. The van der Waals surface area contributed by atoms with E-state index in [1.807, 2.05) is 0 Å². The van der Waals surface area contributed by atoms with Gasteiger partial charge < -0.3 is 16.0 Å². The number of hydrogen-bond acceptors (Lipinski definition) is 3. The lowest BCUT2D eigenvalue weighted by molar-refractivity contribution is 0.0961. The van der Waals surface area contributed by atoms with Crippen molar-refractivity contribution in [2.75, 3.05) is 12.8 Å².